The van der Waals surface area contributed by atoms with Gasteiger partial charge in [0.15, 0.2) is 0 Å². The lowest BCUT2D eigenvalue weighted by molar-refractivity contribution is -0.137. The number of aromatic nitrogens is 2. The zero-order chi connectivity index (χ0) is 14.8. The van der Waals surface area contributed by atoms with Crippen LogP contribution in [0.15, 0.2) is 18.2 Å². The van der Waals surface area contributed by atoms with Crippen molar-refractivity contribution in [3.8, 4) is 0 Å². The Morgan fingerprint density at radius 3 is 2.70 bits per heavy atom. The number of imidazole rings is 1. The fraction of sp³-hybridized carbons (Fsp3) is 0.462. The van der Waals surface area contributed by atoms with E-state index in [4.69, 9.17) is 10.5 Å². The average molecular weight is 287 g/mol. The van der Waals surface area contributed by atoms with E-state index in [-0.39, 0.29) is 6.54 Å². The Balaban J connectivity index is 2.41. The molecule has 0 saturated heterocycles. The molecule has 0 bridgehead atoms. The van der Waals surface area contributed by atoms with Crippen LogP contribution in [0.25, 0.3) is 11.0 Å². The molecule has 110 valence electrons. The van der Waals surface area contributed by atoms with Crippen LogP contribution in [-0.4, -0.2) is 22.8 Å². The van der Waals surface area contributed by atoms with Gasteiger partial charge in [-0.25, -0.2) is 4.98 Å². The predicted octanol–water partition coefficient (Wildman–Crippen LogP) is 2.55. The summed E-state index contributed by atoms with van der Waals surface area (Å²) in [5.74, 6) is 0.555. The lowest BCUT2D eigenvalue weighted by Gasteiger charge is -2.09. The van der Waals surface area contributed by atoms with Crippen LogP contribution in [0.2, 0.25) is 0 Å². The largest absolute Gasteiger partial charge is 0.416 e. The van der Waals surface area contributed by atoms with Crippen molar-refractivity contribution in [2.24, 2.45) is 5.73 Å². The molecule has 0 radical (unpaired) electrons. The van der Waals surface area contributed by atoms with Crippen LogP contribution in [0.5, 0.6) is 0 Å². The lowest BCUT2D eigenvalue weighted by Crippen LogP contribution is -2.12. The third-order valence-corrected chi connectivity index (χ3v) is 3.00. The van der Waals surface area contributed by atoms with Gasteiger partial charge in [-0.1, -0.05) is 0 Å². The minimum atomic E-state index is -4.37. The van der Waals surface area contributed by atoms with Gasteiger partial charge in [-0.05, 0) is 25.1 Å². The Kier molecular flexibility index (Phi) is 4.29. The smallest absolute Gasteiger partial charge is 0.380 e. The van der Waals surface area contributed by atoms with E-state index in [1.54, 1.807) is 4.57 Å². The number of alkyl halides is 3. The Bertz CT molecular complexity index is 592. The first-order chi connectivity index (χ1) is 9.47. The number of ether oxygens (including phenoxy) is 1. The summed E-state index contributed by atoms with van der Waals surface area (Å²) in [4.78, 5) is 4.17. The lowest BCUT2D eigenvalue weighted by atomic mass is 10.2. The summed E-state index contributed by atoms with van der Waals surface area (Å²) < 4.78 is 45.1. The van der Waals surface area contributed by atoms with E-state index in [1.807, 2.05) is 6.92 Å². The predicted molar refractivity (Wildman–Crippen MR) is 69.1 cm³/mol. The van der Waals surface area contributed by atoms with Crippen LogP contribution < -0.4 is 5.73 Å². The van der Waals surface area contributed by atoms with Crippen LogP contribution in [0.1, 0.15) is 18.3 Å². The van der Waals surface area contributed by atoms with E-state index >= 15 is 0 Å². The van der Waals surface area contributed by atoms with Gasteiger partial charge in [0.25, 0.3) is 0 Å². The molecule has 1 aromatic carbocycles. The molecule has 2 rings (SSSR count). The van der Waals surface area contributed by atoms with Crippen LogP contribution >= 0.6 is 0 Å². The summed E-state index contributed by atoms with van der Waals surface area (Å²) in [7, 11) is 0. The van der Waals surface area contributed by atoms with Crippen molar-refractivity contribution in [2.45, 2.75) is 26.2 Å². The van der Waals surface area contributed by atoms with Crippen LogP contribution in [-0.2, 0) is 24.0 Å². The van der Waals surface area contributed by atoms with Crippen molar-refractivity contribution in [2.75, 3.05) is 13.2 Å². The first-order valence-electron chi connectivity index (χ1n) is 6.31. The Labute approximate surface area is 114 Å². The highest BCUT2D eigenvalue weighted by Gasteiger charge is 2.31. The second-order valence-electron chi connectivity index (χ2n) is 4.28. The molecule has 0 unspecified atom stereocenters. The number of benzene rings is 1. The van der Waals surface area contributed by atoms with Gasteiger partial charge in [0.05, 0.1) is 29.7 Å². The molecular weight excluding hydrogens is 271 g/mol. The number of hydrogen-bond acceptors (Lipinski definition) is 3. The molecule has 0 atom stereocenters. The fourth-order valence-corrected chi connectivity index (χ4v) is 2.06. The molecule has 0 fully saturated rings. The van der Waals surface area contributed by atoms with E-state index < -0.39 is 11.7 Å². The second kappa shape index (κ2) is 5.80. The van der Waals surface area contributed by atoms with E-state index in [9.17, 15) is 13.2 Å². The summed E-state index contributed by atoms with van der Waals surface area (Å²) in [6.45, 7) is 3.62. The molecule has 20 heavy (non-hydrogen) atoms. The van der Waals surface area contributed by atoms with Gasteiger partial charge in [-0.2, -0.15) is 13.2 Å². The zero-order valence-corrected chi connectivity index (χ0v) is 11.1. The van der Waals surface area contributed by atoms with E-state index in [1.165, 1.54) is 6.07 Å². The van der Waals surface area contributed by atoms with Crippen molar-refractivity contribution in [3.05, 3.63) is 29.6 Å². The number of hydrogen-bond donors (Lipinski definition) is 1. The Morgan fingerprint density at radius 2 is 2.10 bits per heavy atom. The highest BCUT2D eigenvalue weighted by atomic mass is 19.4. The minimum Gasteiger partial charge on any atom is -0.380 e. The molecule has 1 aromatic heterocycles. The van der Waals surface area contributed by atoms with Gasteiger partial charge < -0.3 is 15.0 Å². The van der Waals surface area contributed by atoms with Crippen molar-refractivity contribution in [3.63, 3.8) is 0 Å². The summed E-state index contributed by atoms with van der Waals surface area (Å²) in [6.07, 6.45) is -4.37. The van der Waals surface area contributed by atoms with Gasteiger partial charge >= 0.3 is 6.18 Å². The highest BCUT2D eigenvalue weighted by molar-refractivity contribution is 5.77. The molecule has 2 aromatic rings. The number of nitrogens with two attached hydrogens (primary N) is 1. The normalized spacial score (nSPS) is 12.2. The fourth-order valence-electron chi connectivity index (χ4n) is 2.06. The monoisotopic (exact) mass is 287 g/mol. The van der Waals surface area contributed by atoms with Crippen molar-refractivity contribution < 1.29 is 17.9 Å². The van der Waals surface area contributed by atoms with Gasteiger partial charge in [0.1, 0.15) is 5.82 Å². The number of halogens is 3. The summed E-state index contributed by atoms with van der Waals surface area (Å²) in [5.41, 5.74) is 5.83. The number of nitrogens with zero attached hydrogens (tertiary/aromatic N) is 2. The maximum Gasteiger partial charge on any atom is 0.416 e. The Hall–Kier alpha value is -1.60. The highest BCUT2D eigenvalue weighted by Crippen LogP contribution is 2.31. The Morgan fingerprint density at radius 1 is 1.35 bits per heavy atom. The van der Waals surface area contributed by atoms with E-state index in [0.717, 1.165) is 12.1 Å². The molecule has 4 nitrogen and oxygen atoms in total. The topological polar surface area (TPSA) is 53.1 Å². The molecule has 7 heteroatoms. The number of rotatable bonds is 5. The summed E-state index contributed by atoms with van der Waals surface area (Å²) in [6, 6.07) is 3.53. The third kappa shape index (κ3) is 2.94. The quantitative estimate of drug-likeness (QED) is 0.860. The standard InChI is InChI=1S/C13H16F3N3O/c1-2-20-6-5-19-11-4-3-9(13(14,15)16)7-10(11)18-12(19)8-17/h3-4,7H,2,5-6,8,17H2,1H3. The van der Waals surface area contributed by atoms with Crippen molar-refractivity contribution in [1.29, 1.82) is 0 Å². The van der Waals surface area contributed by atoms with Crippen molar-refractivity contribution >= 4 is 11.0 Å². The molecule has 0 saturated carbocycles. The maximum absolute atomic E-state index is 12.7. The molecule has 1 heterocycles. The summed E-state index contributed by atoms with van der Waals surface area (Å²) in [5, 5.41) is 0. The molecule has 2 N–H and O–H groups in total. The first-order valence-corrected chi connectivity index (χ1v) is 6.31. The van der Waals surface area contributed by atoms with Crippen LogP contribution in [0, 0.1) is 0 Å². The van der Waals surface area contributed by atoms with E-state index in [2.05, 4.69) is 4.98 Å². The second-order valence-corrected chi connectivity index (χ2v) is 4.28. The van der Waals surface area contributed by atoms with Gasteiger partial charge in [-0.15, -0.1) is 0 Å². The third-order valence-electron chi connectivity index (χ3n) is 3.00. The zero-order valence-electron chi connectivity index (χ0n) is 11.1. The van der Waals surface area contributed by atoms with Crippen LogP contribution in [0.3, 0.4) is 0 Å². The van der Waals surface area contributed by atoms with Gasteiger partial charge in [-0.3, -0.25) is 0 Å². The van der Waals surface area contributed by atoms with Gasteiger partial charge in [0, 0.05) is 13.2 Å². The molecule has 0 spiro atoms. The van der Waals surface area contributed by atoms with Crippen LogP contribution in [0.4, 0.5) is 13.2 Å². The van der Waals surface area contributed by atoms with Gasteiger partial charge in [0.2, 0.25) is 0 Å². The molecular formula is C13H16F3N3O. The number of fused-ring (bicyclic) bond motifs is 1. The molecule has 0 amide bonds. The molecule has 0 aliphatic rings. The minimum absolute atomic E-state index is 0.169. The molecule has 0 aliphatic carbocycles. The SMILES string of the molecule is CCOCCn1c(CN)nc2cc(C(F)(F)F)ccc21. The maximum atomic E-state index is 12.7. The first kappa shape index (κ1) is 14.8. The van der Waals surface area contributed by atoms with E-state index in [0.29, 0.717) is 36.6 Å². The average Bonchev–Trinajstić information content (AvgIpc) is 2.75. The van der Waals surface area contributed by atoms with Crippen molar-refractivity contribution in [1.82, 2.24) is 9.55 Å². The summed E-state index contributed by atoms with van der Waals surface area (Å²) >= 11 is 0. The molecule has 0 aliphatic heterocycles.